The number of ether oxygens (including phenoxy) is 1. The Balaban J connectivity index is 1.41. The fourth-order valence-electron chi connectivity index (χ4n) is 9.42. The first-order chi connectivity index (χ1) is 16.9. The van der Waals surface area contributed by atoms with Gasteiger partial charge in [-0.05, 0) is 97.2 Å². The van der Waals surface area contributed by atoms with Gasteiger partial charge in [0.15, 0.2) is 0 Å². The molecule has 0 aromatic rings. The summed E-state index contributed by atoms with van der Waals surface area (Å²) >= 11 is 0. The van der Waals surface area contributed by atoms with Gasteiger partial charge in [-0.2, -0.15) is 0 Å². The molecule has 2 N–H and O–H groups in total. The Labute approximate surface area is 217 Å². The molecule has 0 bridgehead atoms. The van der Waals surface area contributed by atoms with E-state index in [9.17, 15) is 19.5 Å². The first kappa shape index (κ1) is 27.6. The van der Waals surface area contributed by atoms with Crippen molar-refractivity contribution in [3.05, 3.63) is 0 Å². The maximum atomic E-state index is 12.7. The van der Waals surface area contributed by atoms with E-state index in [0.29, 0.717) is 60.6 Å². The Hall–Kier alpha value is -1.43. The molecule has 4 aliphatic rings. The minimum Gasteiger partial charge on any atom is -0.467 e. The Morgan fingerprint density at radius 3 is 2.44 bits per heavy atom. The molecule has 4 rings (SSSR count). The van der Waals surface area contributed by atoms with Crippen LogP contribution in [0.25, 0.3) is 0 Å². The molecule has 0 radical (unpaired) electrons. The quantitative estimate of drug-likeness (QED) is 0.481. The van der Waals surface area contributed by atoms with Crippen LogP contribution in [0.15, 0.2) is 0 Å². The number of rotatable bonds is 7. The summed E-state index contributed by atoms with van der Waals surface area (Å²) in [6.45, 7) is 11.0. The number of aliphatic hydroxyl groups is 1. The molecule has 0 heterocycles. The van der Waals surface area contributed by atoms with Crippen molar-refractivity contribution in [3.8, 4) is 0 Å². The van der Waals surface area contributed by atoms with Crippen LogP contribution in [0.2, 0.25) is 0 Å². The fraction of sp³-hybridized carbons (Fsp3) is 0.900. The van der Waals surface area contributed by atoms with E-state index in [2.05, 4.69) is 26.1 Å². The Kier molecular flexibility index (Phi) is 7.96. The molecule has 0 aliphatic heterocycles. The van der Waals surface area contributed by atoms with Gasteiger partial charge < -0.3 is 15.2 Å². The Bertz CT molecular complexity index is 856. The van der Waals surface area contributed by atoms with E-state index in [1.54, 1.807) is 0 Å². The average Bonchev–Trinajstić information content (AvgIpc) is 3.18. The molecule has 4 fully saturated rings. The van der Waals surface area contributed by atoms with Crippen LogP contribution in [-0.2, 0) is 19.1 Å². The number of esters is 1. The molecule has 0 aromatic carbocycles. The molecule has 1 amide bonds. The van der Waals surface area contributed by atoms with E-state index in [1.165, 1.54) is 13.5 Å². The number of aliphatic hydroxyl groups excluding tert-OH is 1. The first-order valence-electron chi connectivity index (χ1n) is 14.5. The first-order valence-corrected chi connectivity index (χ1v) is 14.5. The van der Waals surface area contributed by atoms with Gasteiger partial charge in [-0.3, -0.25) is 9.59 Å². The summed E-state index contributed by atoms with van der Waals surface area (Å²) in [6, 6.07) is -0.602. The molecule has 0 unspecified atom stereocenters. The van der Waals surface area contributed by atoms with Crippen molar-refractivity contribution in [2.45, 2.75) is 111 Å². The van der Waals surface area contributed by atoms with Crippen molar-refractivity contribution in [2.24, 2.45) is 52.3 Å². The number of hydrogen-bond donors (Lipinski definition) is 2. The molecule has 0 spiro atoms. The third-order valence-corrected chi connectivity index (χ3v) is 11.5. The standard InChI is InChI=1S/C30H49NO5/c1-17(2)27(28(35)36-6)31-25(34)10-7-18(3)21-8-9-22-26-23(12-14-30(21,22)5)29(4)13-11-20(32)15-19(29)16-24(26)33/h17-19,21-24,26-27,33H,7-16H2,1-6H3,(H,31,34)/t18-,19+,21-,22+,23+,24-,26+,27+,29+,30-/m1/s1. The van der Waals surface area contributed by atoms with E-state index in [1.807, 2.05) is 13.8 Å². The second-order valence-corrected chi connectivity index (χ2v) is 13.6. The third-order valence-electron chi connectivity index (χ3n) is 11.5. The van der Waals surface area contributed by atoms with Gasteiger partial charge in [0.1, 0.15) is 11.8 Å². The smallest absolute Gasteiger partial charge is 0.328 e. The molecule has 4 aliphatic carbocycles. The lowest BCUT2D eigenvalue weighted by Gasteiger charge is -2.62. The minimum absolute atomic E-state index is 0.0193. The second kappa shape index (κ2) is 10.4. The number of ketones is 1. The number of Topliss-reactive ketones (excluding diaryl/α,β-unsaturated/α-hetero) is 1. The summed E-state index contributed by atoms with van der Waals surface area (Å²) < 4.78 is 4.86. The summed E-state index contributed by atoms with van der Waals surface area (Å²) in [5.41, 5.74) is 0.381. The summed E-state index contributed by atoms with van der Waals surface area (Å²) in [5.74, 6) is 2.57. The third kappa shape index (κ3) is 4.76. The van der Waals surface area contributed by atoms with Crippen molar-refractivity contribution in [1.82, 2.24) is 5.32 Å². The highest BCUT2D eigenvalue weighted by molar-refractivity contribution is 5.84. The van der Waals surface area contributed by atoms with Crippen molar-refractivity contribution in [2.75, 3.05) is 7.11 Å². The highest BCUT2D eigenvalue weighted by Gasteiger charge is 2.62. The van der Waals surface area contributed by atoms with Gasteiger partial charge in [-0.1, -0.05) is 34.6 Å². The molecule has 0 saturated heterocycles. The lowest BCUT2D eigenvalue weighted by atomic mass is 9.44. The molecule has 6 heteroatoms. The second-order valence-electron chi connectivity index (χ2n) is 13.6. The molecule has 204 valence electrons. The van der Waals surface area contributed by atoms with Crippen LogP contribution in [0.3, 0.4) is 0 Å². The Morgan fingerprint density at radius 1 is 1.08 bits per heavy atom. The molecular weight excluding hydrogens is 454 g/mol. The van der Waals surface area contributed by atoms with Gasteiger partial charge in [0, 0.05) is 19.3 Å². The van der Waals surface area contributed by atoms with Crippen LogP contribution in [0, 0.1) is 52.3 Å². The van der Waals surface area contributed by atoms with Crippen LogP contribution >= 0.6 is 0 Å². The van der Waals surface area contributed by atoms with Crippen LogP contribution in [0.4, 0.5) is 0 Å². The van der Waals surface area contributed by atoms with E-state index >= 15 is 0 Å². The predicted octanol–water partition coefficient (Wildman–Crippen LogP) is 4.92. The van der Waals surface area contributed by atoms with Crippen molar-refractivity contribution in [3.63, 3.8) is 0 Å². The van der Waals surface area contributed by atoms with Gasteiger partial charge >= 0.3 is 5.97 Å². The fourth-order valence-corrected chi connectivity index (χ4v) is 9.42. The van der Waals surface area contributed by atoms with E-state index in [0.717, 1.165) is 38.5 Å². The van der Waals surface area contributed by atoms with Crippen LogP contribution < -0.4 is 5.32 Å². The number of fused-ring (bicyclic) bond motifs is 5. The minimum atomic E-state index is -0.602. The van der Waals surface area contributed by atoms with Gasteiger partial charge in [-0.25, -0.2) is 4.79 Å². The van der Waals surface area contributed by atoms with Crippen molar-refractivity contribution >= 4 is 17.7 Å². The lowest BCUT2D eigenvalue weighted by molar-refractivity contribution is -0.169. The van der Waals surface area contributed by atoms with Gasteiger partial charge in [-0.15, -0.1) is 0 Å². The zero-order valence-corrected chi connectivity index (χ0v) is 23.3. The molecule has 10 atom stereocenters. The predicted molar refractivity (Wildman–Crippen MR) is 139 cm³/mol. The highest BCUT2D eigenvalue weighted by atomic mass is 16.5. The molecular formula is C30H49NO5. The van der Waals surface area contributed by atoms with Crippen molar-refractivity contribution in [1.29, 1.82) is 0 Å². The zero-order valence-electron chi connectivity index (χ0n) is 23.3. The van der Waals surface area contributed by atoms with E-state index in [-0.39, 0.29) is 28.8 Å². The number of carbonyl (C=O) groups excluding carboxylic acids is 3. The summed E-state index contributed by atoms with van der Waals surface area (Å²) in [6.07, 6.45) is 8.73. The van der Waals surface area contributed by atoms with Gasteiger partial charge in [0.2, 0.25) is 5.91 Å². The zero-order chi connectivity index (χ0) is 26.4. The van der Waals surface area contributed by atoms with Crippen molar-refractivity contribution < 1.29 is 24.2 Å². The van der Waals surface area contributed by atoms with E-state index < -0.39 is 12.0 Å². The Morgan fingerprint density at radius 2 is 1.78 bits per heavy atom. The topological polar surface area (TPSA) is 92.7 Å². The van der Waals surface area contributed by atoms with Crippen LogP contribution in [0.1, 0.15) is 98.8 Å². The maximum absolute atomic E-state index is 12.7. The van der Waals surface area contributed by atoms with Gasteiger partial charge in [0.25, 0.3) is 0 Å². The summed E-state index contributed by atoms with van der Waals surface area (Å²) in [7, 11) is 1.36. The average molecular weight is 504 g/mol. The number of nitrogens with one attached hydrogen (secondary N) is 1. The normalized spacial score (nSPS) is 41.6. The largest absolute Gasteiger partial charge is 0.467 e. The maximum Gasteiger partial charge on any atom is 0.328 e. The van der Waals surface area contributed by atoms with Gasteiger partial charge in [0.05, 0.1) is 13.2 Å². The summed E-state index contributed by atoms with van der Waals surface area (Å²) in [5, 5.41) is 14.3. The number of carbonyl (C=O) groups is 3. The summed E-state index contributed by atoms with van der Waals surface area (Å²) in [4.78, 5) is 36.9. The number of amides is 1. The molecule has 0 aromatic heterocycles. The molecule has 4 saturated carbocycles. The SMILES string of the molecule is COC(=O)[C@@H](NC(=O)CC[C@@H](C)[C@H]1CC[C@H]2[C@@H]3[C@H](O)C[C@@H]4CC(=O)CC[C@]4(C)[C@H]3CC[C@]12C)C(C)C. The number of hydrogen-bond acceptors (Lipinski definition) is 5. The molecule has 36 heavy (non-hydrogen) atoms. The van der Waals surface area contributed by atoms with Crippen LogP contribution in [0.5, 0.6) is 0 Å². The highest BCUT2D eigenvalue weighted by Crippen LogP contribution is 2.68. The monoisotopic (exact) mass is 503 g/mol. The number of methoxy groups -OCH3 is 1. The lowest BCUT2D eigenvalue weighted by Crippen LogP contribution is -2.58. The van der Waals surface area contributed by atoms with Crippen LogP contribution in [-0.4, -0.2) is 42.0 Å². The van der Waals surface area contributed by atoms with E-state index in [4.69, 9.17) is 4.74 Å². The molecule has 6 nitrogen and oxygen atoms in total.